The maximum absolute atomic E-state index is 12.9. The van der Waals surface area contributed by atoms with Gasteiger partial charge in [-0.15, -0.1) is 11.3 Å². The third-order valence-corrected chi connectivity index (χ3v) is 7.26. The SMILES string of the molecule is Cc1sc(NC(=O)c2ccccc2)c([C@@H](c2ccccn2)[NH+]2CC[NH+](C)CC2)c1C. The van der Waals surface area contributed by atoms with Crippen LogP contribution in [-0.2, 0) is 0 Å². The molecule has 3 aromatic rings. The van der Waals surface area contributed by atoms with Crippen LogP contribution in [0.15, 0.2) is 54.7 Å². The number of quaternary nitrogens is 2. The maximum Gasteiger partial charge on any atom is 0.256 e. The predicted octanol–water partition coefficient (Wildman–Crippen LogP) is 1.51. The zero-order valence-corrected chi connectivity index (χ0v) is 18.7. The number of hydrogen-bond donors (Lipinski definition) is 3. The van der Waals surface area contributed by atoms with E-state index in [4.69, 9.17) is 4.98 Å². The van der Waals surface area contributed by atoms with Gasteiger partial charge in [0, 0.05) is 16.6 Å². The minimum atomic E-state index is -0.0595. The number of hydrogen-bond acceptors (Lipinski definition) is 3. The number of nitrogens with zero attached hydrogens (tertiary/aromatic N) is 1. The van der Waals surface area contributed by atoms with Gasteiger partial charge in [0.1, 0.15) is 36.9 Å². The summed E-state index contributed by atoms with van der Waals surface area (Å²) in [6.07, 6.45) is 1.87. The number of amides is 1. The highest BCUT2D eigenvalue weighted by atomic mass is 32.1. The summed E-state index contributed by atoms with van der Waals surface area (Å²) in [5.41, 5.74) is 4.23. The molecule has 1 aliphatic heterocycles. The van der Waals surface area contributed by atoms with Gasteiger partial charge in [0.2, 0.25) is 0 Å². The summed E-state index contributed by atoms with van der Waals surface area (Å²) in [5, 5.41) is 4.17. The second-order valence-electron chi connectivity index (χ2n) is 8.15. The molecule has 1 aromatic carbocycles. The molecule has 1 aliphatic rings. The monoisotopic (exact) mass is 422 g/mol. The summed E-state index contributed by atoms with van der Waals surface area (Å²) in [7, 11) is 2.26. The lowest BCUT2D eigenvalue weighted by Gasteiger charge is -2.33. The number of likely N-dealkylation sites (N-methyl/N-ethyl adjacent to an activating group) is 1. The Balaban J connectivity index is 1.74. The molecular weight excluding hydrogens is 392 g/mol. The van der Waals surface area contributed by atoms with Gasteiger partial charge < -0.3 is 15.1 Å². The largest absolute Gasteiger partial charge is 0.328 e. The first-order chi connectivity index (χ1) is 14.5. The van der Waals surface area contributed by atoms with Gasteiger partial charge in [-0.25, -0.2) is 0 Å². The Bertz CT molecular complexity index is 995. The van der Waals surface area contributed by atoms with E-state index in [0.717, 1.165) is 36.9 Å². The molecule has 0 bridgehead atoms. The Morgan fingerprint density at radius 1 is 1.03 bits per heavy atom. The van der Waals surface area contributed by atoms with Crippen molar-refractivity contribution >= 4 is 22.2 Å². The molecule has 4 rings (SSSR count). The van der Waals surface area contributed by atoms with Gasteiger partial charge in [-0.2, -0.15) is 0 Å². The van der Waals surface area contributed by atoms with Crippen LogP contribution in [0.5, 0.6) is 0 Å². The normalized spacial score (nSPS) is 20.0. The predicted molar refractivity (Wildman–Crippen MR) is 122 cm³/mol. The van der Waals surface area contributed by atoms with Gasteiger partial charge in [-0.3, -0.25) is 9.78 Å². The highest BCUT2D eigenvalue weighted by Gasteiger charge is 2.36. The van der Waals surface area contributed by atoms with Gasteiger partial charge in [0.15, 0.2) is 6.04 Å². The Kier molecular flexibility index (Phi) is 6.27. The standard InChI is InChI=1S/C24H28N4OS/c1-17-18(2)30-24(26-23(29)19-9-5-4-6-10-19)21(17)22(20-11-7-8-12-25-20)28-15-13-27(3)14-16-28/h4-12,22H,13-16H2,1-3H3,(H,26,29)/p+2/t22-/m1/s1. The van der Waals surface area contributed by atoms with Crippen LogP contribution in [0.3, 0.4) is 0 Å². The van der Waals surface area contributed by atoms with Gasteiger partial charge in [0.05, 0.1) is 12.6 Å². The van der Waals surface area contributed by atoms with E-state index >= 15 is 0 Å². The van der Waals surface area contributed by atoms with E-state index in [1.165, 1.54) is 20.9 Å². The Hall–Kier alpha value is -2.54. The van der Waals surface area contributed by atoms with Crippen LogP contribution in [-0.4, -0.2) is 44.1 Å². The Labute approximate surface area is 182 Å². The van der Waals surface area contributed by atoms with Crippen molar-refractivity contribution in [2.75, 3.05) is 38.5 Å². The molecule has 3 N–H and O–H groups in total. The molecule has 1 fully saturated rings. The zero-order chi connectivity index (χ0) is 21.1. The lowest BCUT2D eigenvalue weighted by atomic mass is 9.97. The van der Waals surface area contributed by atoms with Crippen LogP contribution >= 0.6 is 11.3 Å². The number of piperazine rings is 1. The Morgan fingerprint density at radius 3 is 2.40 bits per heavy atom. The van der Waals surface area contributed by atoms with E-state index in [1.54, 1.807) is 16.2 Å². The van der Waals surface area contributed by atoms with Crippen LogP contribution in [0.1, 0.15) is 38.1 Å². The quantitative estimate of drug-likeness (QED) is 0.584. The molecule has 0 spiro atoms. The Morgan fingerprint density at radius 2 is 1.73 bits per heavy atom. The second-order valence-corrected chi connectivity index (χ2v) is 9.37. The van der Waals surface area contributed by atoms with Crippen molar-refractivity contribution < 1.29 is 14.6 Å². The number of nitrogens with one attached hydrogen (secondary N) is 3. The average Bonchev–Trinajstić information content (AvgIpc) is 3.04. The number of aromatic nitrogens is 1. The van der Waals surface area contributed by atoms with Crippen molar-refractivity contribution in [3.05, 3.63) is 82.0 Å². The number of carbonyl (C=O) groups is 1. The van der Waals surface area contributed by atoms with E-state index in [0.29, 0.717) is 5.56 Å². The van der Waals surface area contributed by atoms with Gasteiger partial charge in [-0.1, -0.05) is 24.3 Å². The second kappa shape index (κ2) is 9.08. The molecule has 0 saturated carbocycles. The van der Waals surface area contributed by atoms with Crippen molar-refractivity contribution in [1.82, 2.24) is 4.98 Å². The molecular formula is C24H30N4OS+2. The summed E-state index contributed by atoms with van der Waals surface area (Å²) in [6.45, 7) is 8.79. The fraction of sp³-hybridized carbons (Fsp3) is 0.333. The van der Waals surface area contributed by atoms with Gasteiger partial charge >= 0.3 is 0 Å². The smallest absolute Gasteiger partial charge is 0.256 e. The first-order valence-corrected chi connectivity index (χ1v) is 11.4. The number of thiophene rings is 1. The first kappa shape index (κ1) is 20.7. The molecule has 3 heterocycles. The van der Waals surface area contributed by atoms with Crippen molar-refractivity contribution in [2.45, 2.75) is 19.9 Å². The van der Waals surface area contributed by atoms with Crippen molar-refractivity contribution in [1.29, 1.82) is 0 Å². The summed E-state index contributed by atoms with van der Waals surface area (Å²) in [6, 6.07) is 15.7. The van der Waals surface area contributed by atoms with E-state index < -0.39 is 0 Å². The van der Waals surface area contributed by atoms with Crippen molar-refractivity contribution in [3.8, 4) is 0 Å². The number of rotatable bonds is 5. The number of carbonyl (C=O) groups excluding carboxylic acids is 1. The lowest BCUT2D eigenvalue weighted by Crippen LogP contribution is -3.27. The summed E-state index contributed by atoms with van der Waals surface area (Å²) in [5.74, 6) is -0.0595. The molecule has 1 amide bonds. The van der Waals surface area contributed by atoms with Crippen molar-refractivity contribution in [2.24, 2.45) is 0 Å². The molecule has 5 nitrogen and oxygen atoms in total. The summed E-state index contributed by atoms with van der Waals surface area (Å²) >= 11 is 1.67. The fourth-order valence-corrected chi connectivity index (χ4v) is 5.34. The molecule has 1 atom stereocenters. The molecule has 0 aliphatic carbocycles. The van der Waals surface area contributed by atoms with E-state index in [1.807, 2.05) is 42.6 Å². The number of pyridine rings is 1. The number of aryl methyl sites for hydroxylation is 1. The average molecular weight is 423 g/mol. The third-order valence-electron chi connectivity index (χ3n) is 6.12. The molecule has 6 heteroatoms. The number of anilines is 1. The molecule has 2 aromatic heterocycles. The zero-order valence-electron chi connectivity index (χ0n) is 17.9. The molecule has 30 heavy (non-hydrogen) atoms. The molecule has 156 valence electrons. The lowest BCUT2D eigenvalue weighted by molar-refractivity contribution is -1.02. The molecule has 0 unspecified atom stereocenters. The number of benzene rings is 1. The minimum absolute atomic E-state index is 0.0595. The minimum Gasteiger partial charge on any atom is -0.328 e. The topological polar surface area (TPSA) is 50.9 Å². The van der Waals surface area contributed by atoms with Crippen molar-refractivity contribution in [3.63, 3.8) is 0 Å². The van der Waals surface area contributed by atoms with Crippen LogP contribution in [0, 0.1) is 13.8 Å². The highest BCUT2D eigenvalue weighted by Crippen LogP contribution is 2.38. The van der Waals surface area contributed by atoms with Crippen LogP contribution in [0.25, 0.3) is 0 Å². The first-order valence-electron chi connectivity index (χ1n) is 10.6. The third kappa shape index (κ3) is 4.31. The van der Waals surface area contributed by atoms with Gasteiger partial charge in [-0.05, 0) is 43.7 Å². The molecule has 0 radical (unpaired) electrons. The maximum atomic E-state index is 12.9. The van der Waals surface area contributed by atoms with E-state index in [9.17, 15) is 4.79 Å². The summed E-state index contributed by atoms with van der Waals surface area (Å²) < 4.78 is 0. The van der Waals surface area contributed by atoms with Crippen LogP contribution < -0.4 is 15.1 Å². The van der Waals surface area contributed by atoms with E-state index in [-0.39, 0.29) is 11.9 Å². The molecule has 1 saturated heterocycles. The van der Waals surface area contributed by atoms with Gasteiger partial charge in [0.25, 0.3) is 5.91 Å². The fourth-order valence-electron chi connectivity index (χ4n) is 4.24. The van der Waals surface area contributed by atoms with Crippen LogP contribution in [0.2, 0.25) is 0 Å². The highest BCUT2D eigenvalue weighted by molar-refractivity contribution is 7.16. The van der Waals surface area contributed by atoms with Crippen LogP contribution in [0.4, 0.5) is 5.00 Å². The summed E-state index contributed by atoms with van der Waals surface area (Å²) in [4.78, 5) is 22.0. The van der Waals surface area contributed by atoms with E-state index in [2.05, 4.69) is 38.3 Å².